The highest BCUT2D eigenvalue weighted by Crippen LogP contribution is 2.05. The van der Waals surface area contributed by atoms with Crippen molar-refractivity contribution in [3.8, 4) is 0 Å². The van der Waals surface area contributed by atoms with E-state index >= 15 is 0 Å². The van der Waals surface area contributed by atoms with E-state index in [1.165, 1.54) is 0 Å². The van der Waals surface area contributed by atoms with Crippen LogP contribution >= 0.6 is 0 Å². The first-order chi connectivity index (χ1) is 8.66. The van der Waals surface area contributed by atoms with Crippen LogP contribution in [0.25, 0.3) is 0 Å². The quantitative estimate of drug-likeness (QED) is 0.525. The van der Waals surface area contributed by atoms with Crippen molar-refractivity contribution in [1.82, 2.24) is 5.32 Å². The van der Waals surface area contributed by atoms with E-state index in [1.54, 1.807) is 0 Å². The van der Waals surface area contributed by atoms with Gasteiger partial charge in [-0.2, -0.15) is 0 Å². The van der Waals surface area contributed by atoms with Crippen LogP contribution in [0, 0.1) is 0 Å². The van der Waals surface area contributed by atoms with Gasteiger partial charge in [-0.1, -0.05) is 19.8 Å². The molecule has 0 aliphatic rings. The summed E-state index contributed by atoms with van der Waals surface area (Å²) in [6, 6.07) is 0. The average Bonchev–Trinajstić information content (AvgIpc) is 2.33. The monoisotopic (exact) mass is 259 g/mol. The summed E-state index contributed by atoms with van der Waals surface area (Å²) in [6.45, 7) is 3.92. The summed E-state index contributed by atoms with van der Waals surface area (Å²) in [5.74, 6) is -0.701. The van der Waals surface area contributed by atoms with Crippen molar-refractivity contribution in [3.63, 3.8) is 0 Å². The zero-order chi connectivity index (χ0) is 13.6. The molecule has 2 N–H and O–H groups in total. The molecule has 0 saturated heterocycles. The van der Waals surface area contributed by atoms with Gasteiger partial charge in [0.1, 0.15) is 0 Å². The number of carbonyl (C=O) groups excluding carboxylic acids is 1. The summed E-state index contributed by atoms with van der Waals surface area (Å²) in [5, 5.41) is 11.2. The van der Waals surface area contributed by atoms with Crippen molar-refractivity contribution in [2.75, 3.05) is 19.8 Å². The molecule has 0 radical (unpaired) electrons. The Balaban J connectivity index is 3.19. The lowest BCUT2D eigenvalue weighted by molar-refractivity contribution is -0.137. The van der Waals surface area contributed by atoms with Crippen molar-refractivity contribution in [2.24, 2.45) is 0 Å². The summed E-state index contributed by atoms with van der Waals surface area (Å²) in [6.07, 6.45) is 5.03. The van der Waals surface area contributed by atoms with Crippen LogP contribution in [-0.4, -0.2) is 36.7 Å². The molecule has 1 amide bonds. The van der Waals surface area contributed by atoms with Gasteiger partial charge in [0.15, 0.2) is 0 Å². The Morgan fingerprint density at radius 2 is 1.72 bits per heavy atom. The first-order valence-electron chi connectivity index (χ1n) is 6.73. The minimum atomic E-state index is -0.750. The molecule has 0 bridgehead atoms. The molecular formula is C13H25NO4. The Morgan fingerprint density at radius 3 is 2.33 bits per heavy atom. The number of amides is 1. The molecule has 0 rings (SSSR count). The predicted molar refractivity (Wildman–Crippen MR) is 69.5 cm³/mol. The Kier molecular flexibility index (Phi) is 11.6. The number of carboxylic acid groups (broad SMARTS) is 1. The van der Waals surface area contributed by atoms with Crippen LogP contribution in [0.5, 0.6) is 0 Å². The maximum absolute atomic E-state index is 11.4. The minimum Gasteiger partial charge on any atom is -0.481 e. The molecule has 0 heterocycles. The maximum Gasteiger partial charge on any atom is 0.303 e. The number of aliphatic carboxylic acids is 1. The van der Waals surface area contributed by atoms with Crippen LogP contribution in [0.4, 0.5) is 0 Å². The molecule has 5 nitrogen and oxygen atoms in total. The lowest BCUT2D eigenvalue weighted by Gasteiger charge is -2.05. The fourth-order valence-corrected chi connectivity index (χ4v) is 1.51. The van der Waals surface area contributed by atoms with E-state index in [2.05, 4.69) is 5.32 Å². The number of hydrogen-bond donors (Lipinski definition) is 2. The Hall–Kier alpha value is -1.10. The third kappa shape index (κ3) is 13.0. The molecule has 106 valence electrons. The van der Waals surface area contributed by atoms with Crippen LogP contribution in [0.2, 0.25) is 0 Å². The van der Waals surface area contributed by atoms with Gasteiger partial charge in [0, 0.05) is 26.0 Å². The Morgan fingerprint density at radius 1 is 1.06 bits per heavy atom. The van der Waals surface area contributed by atoms with Crippen molar-refractivity contribution < 1.29 is 19.4 Å². The molecule has 0 aromatic rings. The van der Waals surface area contributed by atoms with Gasteiger partial charge in [-0.3, -0.25) is 9.59 Å². The summed E-state index contributed by atoms with van der Waals surface area (Å²) < 4.78 is 5.24. The van der Waals surface area contributed by atoms with E-state index in [-0.39, 0.29) is 12.3 Å². The summed E-state index contributed by atoms with van der Waals surface area (Å²) in [5.41, 5.74) is 0. The highest BCUT2D eigenvalue weighted by atomic mass is 16.5. The molecule has 0 saturated carbocycles. The minimum absolute atomic E-state index is 0.0494. The van der Waals surface area contributed by atoms with Crippen LogP contribution in [0.1, 0.15) is 51.9 Å². The molecular weight excluding hydrogens is 234 g/mol. The van der Waals surface area contributed by atoms with Gasteiger partial charge in [0.2, 0.25) is 5.91 Å². The van der Waals surface area contributed by atoms with Gasteiger partial charge in [-0.15, -0.1) is 0 Å². The number of carboxylic acids is 1. The summed E-state index contributed by atoms with van der Waals surface area (Å²) in [4.78, 5) is 21.6. The first kappa shape index (κ1) is 16.9. The second-order valence-corrected chi connectivity index (χ2v) is 4.27. The number of unbranched alkanes of at least 4 members (excludes halogenated alkanes) is 3. The molecule has 0 aliphatic carbocycles. The topological polar surface area (TPSA) is 75.6 Å². The van der Waals surface area contributed by atoms with Crippen LogP contribution < -0.4 is 5.32 Å². The molecule has 0 aliphatic heterocycles. The summed E-state index contributed by atoms with van der Waals surface area (Å²) >= 11 is 0. The predicted octanol–water partition coefficient (Wildman–Crippen LogP) is 1.95. The van der Waals surface area contributed by atoms with Gasteiger partial charge in [-0.25, -0.2) is 0 Å². The molecule has 0 aromatic carbocycles. The van der Waals surface area contributed by atoms with Gasteiger partial charge < -0.3 is 15.2 Å². The lowest BCUT2D eigenvalue weighted by atomic mass is 10.1. The number of ether oxygens (including phenoxy) is 1. The van der Waals surface area contributed by atoms with Crippen LogP contribution in [0.3, 0.4) is 0 Å². The standard InChI is InChI=1S/C13H25NO4/c1-2-10-18-11-9-14-12(15)7-5-3-4-6-8-13(16)17/h2-11H2,1H3,(H,14,15)(H,16,17). The van der Waals surface area contributed by atoms with Crippen molar-refractivity contribution in [3.05, 3.63) is 0 Å². The SMILES string of the molecule is CCCOCCNC(=O)CCCCCCC(=O)O. The maximum atomic E-state index is 11.4. The zero-order valence-electron chi connectivity index (χ0n) is 11.2. The van der Waals surface area contributed by atoms with Crippen molar-refractivity contribution in [2.45, 2.75) is 51.9 Å². The molecule has 0 fully saturated rings. The number of nitrogens with one attached hydrogen (secondary N) is 1. The highest BCUT2D eigenvalue weighted by molar-refractivity contribution is 5.75. The smallest absolute Gasteiger partial charge is 0.303 e. The van der Waals surface area contributed by atoms with Crippen LogP contribution in [0.15, 0.2) is 0 Å². The van der Waals surface area contributed by atoms with E-state index in [0.717, 1.165) is 32.3 Å². The van der Waals surface area contributed by atoms with E-state index in [0.29, 0.717) is 26.0 Å². The summed E-state index contributed by atoms with van der Waals surface area (Å²) in [7, 11) is 0. The van der Waals surface area contributed by atoms with Gasteiger partial charge >= 0.3 is 5.97 Å². The molecule has 0 spiro atoms. The number of rotatable bonds is 12. The third-order valence-corrected chi connectivity index (χ3v) is 2.46. The molecule has 0 unspecified atom stereocenters. The van der Waals surface area contributed by atoms with Gasteiger partial charge in [0.25, 0.3) is 0 Å². The first-order valence-corrected chi connectivity index (χ1v) is 6.73. The van der Waals surface area contributed by atoms with E-state index < -0.39 is 5.97 Å². The molecule has 5 heteroatoms. The fourth-order valence-electron chi connectivity index (χ4n) is 1.51. The Bertz CT molecular complexity index is 231. The average molecular weight is 259 g/mol. The van der Waals surface area contributed by atoms with E-state index in [4.69, 9.17) is 9.84 Å². The molecule has 18 heavy (non-hydrogen) atoms. The zero-order valence-corrected chi connectivity index (χ0v) is 11.2. The van der Waals surface area contributed by atoms with Gasteiger partial charge in [0.05, 0.1) is 6.61 Å². The van der Waals surface area contributed by atoms with Crippen molar-refractivity contribution >= 4 is 11.9 Å². The number of carbonyl (C=O) groups is 2. The third-order valence-electron chi connectivity index (χ3n) is 2.46. The van der Waals surface area contributed by atoms with E-state index in [1.807, 2.05) is 6.92 Å². The fraction of sp³-hybridized carbons (Fsp3) is 0.846. The van der Waals surface area contributed by atoms with E-state index in [9.17, 15) is 9.59 Å². The molecule has 0 aromatic heterocycles. The second kappa shape index (κ2) is 12.4. The lowest BCUT2D eigenvalue weighted by Crippen LogP contribution is -2.27. The normalized spacial score (nSPS) is 10.3. The molecule has 0 atom stereocenters. The van der Waals surface area contributed by atoms with Crippen molar-refractivity contribution in [1.29, 1.82) is 0 Å². The largest absolute Gasteiger partial charge is 0.481 e. The Labute approximate surface area is 109 Å². The number of hydrogen-bond acceptors (Lipinski definition) is 3. The van der Waals surface area contributed by atoms with Gasteiger partial charge in [-0.05, 0) is 19.3 Å². The van der Waals surface area contributed by atoms with Crippen LogP contribution in [-0.2, 0) is 14.3 Å². The second-order valence-electron chi connectivity index (χ2n) is 4.27. The highest BCUT2D eigenvalue weighted by Gasteiger charge is 2.01.